The minimum Gasteiger partial charge on any atom is -0.494 e. The molecule has 7 rings (SSSR count). The van der Waals surface area contributed by atoms with Gasteiger partial charge < -0.3 is 25.0 Å². The van der Waals surface area contributed by atoms with E-state index in [1.54, 1.807) is 30.5 Å². The van der Waals surface area contributed by atoms with Gasteiger partial charge in [-0.15, -0.1) is 17.9 Å². The molecule has 2 aromatic heterocycles. The number of carbonyl (C=O) groups is 3. The molecule has 1 aliphatic heterocycles. The number of halogens is 3. The molecule has 1 saturated heterocycles. The number of anilines is 1. The summed E-state index contributed by atoms with van der Waals surface area (Å²) in [6.45, 7) is 9.26. The zero-order valence-corrected chi connectivity index (χ0v) is 32.6. The van der Waals surface area contributed by atoms with E-state index in [4.69, 9.17) is 21.1 Å². The Bertz CT molecular complexity index is 2370. The van der Waals surface area contributed by atoms with E-state index in [0.29, 0.717) is 40.0 Å². The molecule has 3 N–H and O–H groups in total. The van der Waals surface area contributed by atoms with Crippen LogP contribution in [0, 0.1) is 17.6 Å². The fourth-order valence-electron chi connectivity index (χ4n) is 6.83. The maximum Gasteiger partial charge on any atom is 0.259 e. The lowest BCUT2D eigenvalue weighted by Gasteiger charge is -2.30. The first-order valence-electron chi connectivity index (χ1n) is 17.6. The second-order valence-corrected chi connectivity index (χ2v) is 17.4. The van der Waals surface area contributed by atoms with Gasteiger partial charge in [0.05, 0.1) is 30.8 Å². The van der Waals surface area contributed by atoms with Gasteiger partial charge in [-0.25, -0.2) is 27.2 Å². The first-order chi connectivity index (χ1) is 26.6. The van der Waals surface area contributed by atoms with Crippen LogP contribution in [0.1, 0.15) is 32.6 Å². The molecule has 56 heavy (non-hydrogen) atoms. The van der Waals surface area contributed by atoms with Crippen molar-refractivity contribution in [3.8, 4) is 22.9 Å². The molecule has 2 aromatic carbocycles. The molecule has 0 spiro atoms. The van der Waals surface area contributed by atoms with Crippen molar-refractivity contribution in [1.82, 2.24) is 24.9 Å². The molecule has 3 aliphatic rings. The molecule has 3 fully saturated rings. The molecule has 5 atom stereocenters. The molecule has 0 radical (unpaired) electrons. The van der Waals surface area contributed by atoms with E-state index >= 15 is 0 Å². The van der Waals surface area contributed by atoms with Crippen LogP contribution in [0.25, 0.3) is 22.0 Å². The van der Waals surface area contributed by atoms with Crippen LogP contribution in [-0.4, -0.2) is 83.6 Å². The number of nitrogens with zero attached hydrogens (tertiary/aromatic N) is 3. The van der Waals surface area contributed by atoms with Crippen LogP contribution >= 0.6 is 22.9 Å². The number of nitrogens with one attached hydrogen (secondary N) is 3. The van der Waals surface area contributed by atoms with Gasteiger partial charge >= 0.3 is 0 Å². The lowest BCUT2D eigenvalue weighted by molar-refractivity contribution is -0.139. The summed E-state index contributed by atoms with van der Waals surface area (Å²) < 4.78 is 67.3. The molecule has 2 aliphatic carbocycles. The third-order valence-corrected chi connectivity index (χ3v) is 12.9. The summed E-state index contributed by atoms with van der Waals surface area (Å²) in [5.74, 6) is -3.64. The molecule has 3 amide bonds. The van der Waals surface area contributed by atoms with E-state index in [1.807, 2.05) is 0 Å². The maximum absolute atomic E-state index is 14.5. The van der Waals surface area contributed by atoms with E-state index in [1.165, 1.54) is 24.3 Å². The molecule has 18 heteroatoms. The first kappa shape index (κ1) is 39.1. The number of likely N-dealkylation sites (tertiary alicyclic amines) is 1. The van der Waals surface area contributed by atoms with Crippen LogP contribution in [-0.2, 0) is 24.4 Å². The highest BCUT2D eigenvalue weighted by Gasteiger charge is 2.62. The van der Waals surface area contributed by atoms with E-state index in [9.17, 15) is 31.6 Å². The summed E-state index contributed by atoms with van der Waals surface area (Å²) in [4.78, 5) is 52.5. The van der Waals surface area contributed by atoms with E-state index in [-0.39, 0.29) is 41.7 Å². The summed E-state index contributed by atoms with van der Waals surface area (Å²) in [7, 11) is -2.44. The van der Waals surface area contributed by atoms with Gasteiger partial charge in [-0.2, -0.15) is 0 Å². The number of sulfonamides is 1. The SMILES string of the molecule is C=C[C@@H]1C[C@]1(NC(=O)[C@@H]1C[C@@H](Oc2ncc(OC)c3ccc(Cl)cc23)CN1C(=O)[C@@H](Nc1nc(-c2cc(F)cc(F)c2)cs1)C(=C)C)C(=O)NS(=O)(=O)C1CC1. The average Bonchev–Trinajstić information content (AvgIpc) is 4.04. The Morgan fingerprint density at radius 2 is 1.88 bits per heavy atom. The third-order valence-electron chi connectivity index (χ3n) is 10.0. The van der Waals surface area contributed by atoms with Gasteiger partial charge in [-0.3, -0.25) is 19.1 Å². The van der Waals surface area contributed by atoms with Crippen molar-refractivity contribution >= 4 is 66.6 Å². The number of rotatable bonds is 14. The summed E-state index contributed by atoms with van der Waals surface area (Å²) in [5.41, 5.74) is -0.773. The number of fused-ring (bicyclic) bond motifs is 1. The molecular weight excluding hydrogens is 790 g/mol. The topological polar surface area (TPSA) is 169 Å². The zero-order valence-electron chi connectivity index (χ0n) is 30.2. The molecule has 3 heterocycles. The normalized spacial score (nSPS) is 22.2. The Labute approximate surface area is 330 Å². The number of amides is 3. The van der Waals surface area contributed by atoms with Crippen LogP contribution in [0.15, 0.2) is 72.8 Å². The Balaban J connectivity index is 1.18. The predicted molar refractivity (Wildman–Crippen MR) is 207 cm³/mol. The fourth-order valence-corrected chi connectivity index (χ4v) is 9.12. The van der Waals surface area contributed by atoms with Crippen LogP contribution in [0.4, 0.5) is 13.9 Å². The number of thiazole rings is 1. The number of benzene rings is 2. The molecule has 13 nitrogen and oxygen atoms in total. The number of aromatic nitrogens is 2. The third kappa shape index (κ3) is 7.79. The van der Waals surface area contributed by atoms with Crippen LogP contribution < -0.4 is 24.8 Å². The number of carbonyl (C=O) groups excluding carboxylic acids is 3. The first-order valence-corrected chi connectivity index (χ1v) is 20.4. The van der Waals surface area contributed by atoms with Crippen molar-refractivity contribution in [2.45, 2.75) is 61.6 Å². The summed E-state index contributed by atoms with van der Waals surface area (Å²) in [6, 6.07) is 5.78. The summed E-state index contributed by atoms with van der Waals surface area (Å²) >= 11 is 7.42. The number of ether oxygens (including phenoxy) is 2. The monoisotopic (exact) mass is 826 g/mol. The van der Waals surface area contributed by atoms with E-state index < -0.39 is 74.3 Å². The minimum absolute atomic E-state index is 0.0420. The standard InChI is InChI=1S/C38H37ClF2N6O7S2/c1-5-21-15-38(21,36(50)46-56(51,52)26-7-8-26)45-33(48)30-14-25(54-34-28-12-22(39)6-9-27(28)31(53-4)16-42-34)17-47(30)35(49)32(19(2)3)44-37-43-29(18-55-37)20-10-23(40)13-24(41)11-20/h5-6,9-13,16,18,21,25-26,30,32H,1-2,7-8,14-15,17H2,3-4H3,(H,43,44)(H,45,48)(H,46,50)/t21-,25-,30+,32+,38-/m1/s1. The van der Waals surface area contributed by atoms with E-state index in [0.717, 1.165) is 29.5 Å². The van der Waals surface area contributed by atoms with Gasteiger partial charge in [0.1, 0.15) is 41.1 Å². The van der Waals surface area contributed by atoms with Gasteiger partial charge in [0.15, 0.2) is 5.13 Å². The molecule has 2 saturated carbocycles. The Hall–Kier alpha value is -5.13. The molecular formula is C38H37ClF2N6O7S2. The summed E-state index contributed by atoms with van der Waals surface area (Å²) in [6.07, 6.45) is 3.08. The Morgan fingerprint density at radius 1 is 1.14 bits per heavy atom. The van der Waals surface area contributed by atoms with Crippen molar-refractivity contribution in [3.63, 3.8) is 0 Å². The number of methoxy groups -OCH3 is 1. The van der Waals surface area contributed by atoms with Gasteiger partial charge in [0.2, 0.25) is 27.7 Å². The highest BCUT2D eigenvalue weighted by Crippen LogP contribution is 2.46. The maximum atomic E-state index is 14.5. The Morgan fingerprint density at radius 3 is 2.52 bits per heavy atom. The van der Waals surface area contributed by atoms with E-state index in [2.05, 4.69) is 38.5 Å². The van der Waals surface area contributed by atoms with Gasteiger partial charge in [-0.05, 0) is 62.1 Å². The lowest BCUT2D eigenvalue weighted by atomic mass is 10.1. The lowest BCUT2D eigenvalue weighted by Crippen LogP contribution is -2.57. The Kier molecular flexibility index (Phi) is 10.5. The highest BCUT2D eigenvalue weighted by molar-refractivity contribution is 7.91. The minimum atomic E-state index is -3.94. The number of hydrogen-bond donors (Lipinski definition) is 3. The van der Waals surface area contributed by atoms with Crippen LogP contribution in [0.5, 0.6) is 11.6 Å². The number of hydrogen-bond acceptors (Lipinski definition) is 11. The van der Waals surface area contributed by atoms with Crippen molar-refractivity contribution < 1.29 is 41.1 Å². The number of pyridine rings is 1. The second kappa shape index (κ2) is 15.1. The van der Waals surface area contributed by atoms with Crippen molar-refractivity contribution in [1.29, 1.82) is 0 Å². The van der Waals surface area contributed by atoms with Crippen molar-refractivity contribution in [2.24, 2.45) is 5.92 Å². The van der Waals surface area contributed by atoms with Gasteiger partial charge in [0, 0.05) is 45.1 Å². The molecule has 4 aromatic rings. The predicted octanol–water partition coefficient (Wildman–Crippen LogP) is 5.37. The largest absolute Gasteiger partial charge is 0.494 e. The van der Waals surface area contributed by atoms with Crippen LogP contribution in [0.3, 0.4) is 0 Å². The van der Waals surface area contributed by atoms with Gasteiger partial charge in [-0.1, -0.05) is 24.3 Å². The fraction of sp³-hybridized carbons (Fsp3) is 0.342. The molecule has 0 unspecified atom stereocenters. The quantitative estimate of drug-likeness (QED) is 0.141. The molecule has 294 valence electrons. The smallest absolute Gasteiger partial charge is 0.259 e. The van der Waals surface area contributed by atoms with Crippen LogP contribution in [0.2, 0.25) is 5.02 Å². The average molecular weight is 827 g/mol. The second-order valence-electron chi connectivity index (χ2n) is 14.1. The highest BCUT2D eigenvalue weighted by atomic mass is 35.5. The molecule has 0 bridgehead atoms. The van der Waals surface area contributed by atoms with Crippen molar-refractivity contribution in [2.75, 3.05) is 19.0 Å². The van der Waals surface area contributed by atoms with Gasteiger partial charge in [0.25, 0.3) is 5.91 Å². The zero-order chi connectivity index (χ0) is 40.1. The van der Waals surface area contributed by atoms with Crippen molar-refractivity contribution in [3.05, 3.63) is 89.4 Å². The summed E-state index contributed by atoms with van der Waals surface area (Å²) in [5, 5.41) is 8.56.